The van der Waals surface area contributed by atoms with E-state index in [-0.39, 0.29) is 5.54 Å². The van der Waals surface area contributed by atoms with Crippen molar-refractivity contribution >= 4 is 17.2 Å². The Balaban J connectivity index is 1.42. The van der Waals surface area contributed by atoms with Crippen molar-refractivity contribution in [3.05, 3.63) is 46.2 Å². The molecule has 2 fully saturated rings. The summed E-state index contributed by atoms with van der Waals surface area (Å²) in [5.74, 6) is 0.306. The van der Waals surface area contributed by atoms with Crippen LogP contribution in [0.1, 0.15) is 41.9 Å². The second kappa shape index (κ2) is 6.84. The fourth-order valence-corrected chi connectivity index (χ4v) is 4.76. The second-order valence-electron chi connectivity index (χ2n) is 7.19. The fourth-order valence-electron chi connectivity index (χ4n) is 4.16. The molecule has 0 N–H and O–H groups in total. The first-order chi connectivity index (χ1) is 12.1. The highest BCUT2D eigenvalue weighted by molar-refractivity contribution is 7.09. The summed E-state index contributed by atoms with van der Waals surface area (Å²) in [5.41, 5.74) is 2.40. The van der Waals surface area contributed by atoms with Crippen molar-refractivity contribution in [2.75, 3.05) is 13.1 Å². The van der Waals surface area contributed by atoms with Gasteiger partial charge in [0.15, 0.2) is 0 Å². The number of rotatable bonds is 4. The molecule has 0 unspecified atom stereocenters. The zero-order valence-corrected chi connectivity index (χ0v) is 15.5. The van der Waals surface area contributed by atoms with Crippen LogP contribution in [0.4, 0.5) is 0 Å². The van der Waals surface area contributed by atoms with E-state index in [1.807, 2.05) is 12.1 Å². The van der Waals surface area contributed by atoms with Crippen LogP contribution in [-0.4, -0.2) is 44.3 Å². The van der Waals surface area contributed by atoms with E-state index >= 15 is 0 Å². The van der Waals surface area contributed by atoms with Crippen LogP contribution in [0.2, 0.25) is 0 Å². The molecule has 0 saturated carbocycles. The number of aryl methyl sites for hydroxylation is 1. The van der Waals surface area contributed by atoms with Crippen molar-refractivity contribution < 1.29 is 4.79 Å². The van der Waals surface area contributed by atoms with Gasteiger partial charge < -0.3 is 4.90 Å². The maximum Gasteiger partial charge on any atom is 0.223 e. The molecule has 1 amide bonds. The molecule has 2 saturated heterocycles. The lowest BCUT2D eigenvalue weighted by molar-refractivity contribution is -0.133. The topological polar surface area (TPSA) is 49.3 Å². The van der Waals surface area contributed by atoms with Gasteiger partial charge in [0.2, 0.25) is 5.91 Å². The SMILES string of the molecule is Cc1nc(CN2CCC3(CCC(=O)N3Cc3ccncc3)CC2)cs1. The number of pyridine rings is 1. The number of carbonyl (C=O) groups is 1. The average Bonchev–Trinajstić information content (AvgIpc) is 3.17. The second-order valence-corrected chi connectivity index (χ2v) is 8.26. The van der Waals surface area contributed by atoms with Crippen molar-refractivity contribution in [3.8, 4) is 0 Å². The van der Waals surface area contributed by atoms with Crippen LogP contribution in [0.15, 0.2) is 29.9 Å². The molecule has 0 aliphatic carbocycles. The summed E-state index contributed by atoms with van der Waals surface area (Å²) in [7, 11) is 0. The minimum absolute atomic E-state index is 0.0504. The molecule has 25 heavy (non-hydrogen) atoms. The molecule has 4 heterocycles. The van der Waals surface area contributed by atoms with Crippen LogP contribution in [0, 0.1) is 6.92 Å². The molecule has 6 heteroatoms. The van der Waals surface area contributed by atoms with Crippen molar-refractivity contribution in [1.82, 2.24) is 19.8 Å². The number of hydrogen-bond donors (Lipinski definition) is 0. The molecule has 5 nitrogen and oxygen atoms in total. The number of nitrogens with zero attached hydrogens (tertiary/aromatic N) is 4. The lowest BCUT2D eigenvalue weighted by Crippen LogP contribution is -2.52. The Hall–Kier alpha value is -1.79. The normalized spacial score (nSPS) is 20.5. The molecule has 2 aromatic rings. The third kappa shape index (κ3) is 3.46. The minimum atomic E-state index is 0.0504. The summed E-state index contributed by atoms with van der Waals surface area (Å²) in [6.07, 6.45) is 7.43. The standard InChI is InChI=1S/C19H24N4OS/c1-15-21-17(14-25-15)13-22-10-6-19(7-11-22)5-2-18(24)23(19)12-16-3-8-20-9-4-16/h3-4,8-9,14H,2,5-7,10-13H2,1H3. The number of thiazole rings is 1. The van der Waals surface area contributed by atoms with Crippen LogP contribution in [0.3, 0.4) is 0 Å². The number of aromatic nitrogens is 2. The number of amides is 1. The molecule has 1 spiro atoms. The van der Waals surface area contributed by atoms with Crippen LogP contribution in [0.25, 0.3) is 0 Å². The van der Waals surface area contributed by atoms with E-state index in [1.165, 1.54) is 11.3 Å². The number of carbonyl (C=O) groups excluding carboxylic acids is 1. The van der Waals surface area contributed by atoms with Gasteiger partial charge in [0.1, 0.15) is 0 Å². The zero-order chi connectivity index (χ0) is 17.3. The molecular weight excluding hydrogens is 332 g/mol. The van der Waals surface area contributed by atoms with Crippen molar-refractivity contribution in [3.63, 3.8) is 0 Å². The van der Waals surface area contributed by atoms with E-state index in [4.69, 9.17) is 0 Å². The summed E-state index contributed by atoms with van der Waals surface area (Å²) in [5, 5.41) is 3.29. The number of likely N-dealkylation sites (tertiary alicyclic amines) is 2. The minimum Gasteiger partial charge on any atom is -0.333 e. The van der Waals surface area contributed by atoms with Gasteiger partial charge in [-0.15, -0.1) is 11.3 Å². The van der Waals surface area contributed by atoms with E-state index in [9.17, 15) is 4.79 Å². The maximum atomic E-state index is 12.5. The largest absolute Gasteiger partial charge is 0.333 e. The smallest absolute Gasteiger partial charge is 0.223 e. The highest BCUT2D eigenvalue weighted by atomic mass is 32.1. The third-order valence-corrected chi connectivity index (χ3v) is 6.43. The van der Waals surface area contributed by atoms with Gasteiger partial charge in [-0.2, -0.15) is 0 Å². The van der Waals surface area contributed by atoms with Gasteiger partial charge in [0, 0.05) is 55.9 Å². The molecule has 2 aliphatic heterocycles. The van der Waals surface area contributed by atoms with Gasteiger partial charge in [0.25, 0.3) is 0 Å². The zero-order valence-electron chi connectivity index (χ0n) is 14.6. The first-order valence-corrected chi connectivity index (χ1v) is 9.85. The number of hydrogen-bond acceptors (Lipinski definition) is 5. The van der Waals surface area contributed by atoms with Crippen molar-refractivity contribution in [2.45, 2.75) is 51.2 Å². The Bertz CT molecular complexity index is 737. The monoisotopic (exact) mass is 356 g/mol. The quantitative estimate of drug-likeness (QED) is 0.845. The summed E-state index contributed by atoms with van der Waals surface area (Å²) in [4.78, 5) is 25.8. The number of piperidine rings is 1. The Morgan fingerprint density at radius 2 is 1.92 bits per heavy atom. The van der Waals surface area contributed by atoms with E-state index in [2.05, 4.69) is 32.1 Å². The highest BCUT2D eigenvalue weighted by Gasteiger charge is 2.46. The summed E-state index contributed by atoms with van der Waals surface area (Å²) in [6, 6.07) is 4.03. The van der Waals surface area contributed by atoms with Gasteiger partial charge in [-0.05, 0) is 43.9 Å². The van der Waals surface area contributed by atoms with E-state index in [0.717, 1.165) is 43.9 Å². The Kier molecular flexibility index (Phi) is 4.56. The molecule has 132 valence electrons. The molecule has 2 aromatic heterocycles. The van der Waals surface area contributed by atoms with Gasteiger partial charge >= 0.3 is 0 Å². The van der Waals surface area contributed by atoms with Crippen molar-refractivity contribution in [1.29, 1.82) is 0 Å². The summed E-state index contributed by atoms with van der Waals surface area (Å²) >= 11 is 1.72. The highest BCUT2D eigenvalue weighted by Crippen LogP contribution is 2.40. The molecule has 0 aromatic carbocycles. The van der Waals surface area contributed by atoms with E-state index in [0.29, 0.717) is 18.9 Å². The van der Waals surface area contributed by atoms with E-state index in [1.54, 1.807) is 23.7 Å². The van der Waals surface area contributed by atoms with Gasteiger partial charge in [-0.3, -0.25) is 14.7 Å². The molecule has 0 radical (unpaired) electrons. The Morgan fingerprint density at radius 3 is 2.60 bits per heavy atom. The third-order valence-electron chi connectivity index (χ3n) is 5.61. The first kappa shape index (κ1) is 16.7. The Labute approximate surface area is 152 Å². The van der Waals surface area contributed by atoms with Crippen LogP contribution in [0.5, 0.6) is 0 Å². The maximum absolute atomic E-state index is 12.5. The van der Waals surface area contributed by atoms with Crippen LogP contribution >= 0.6 is 11.3 Å². The first-order valence-electron chi connectivity index (χ1n) is 8.97. The molecule has 2 aliphatic rings. The Morgan fingerprint density at radius 1 is 1.16 bits per heavy atom. The average molecular weight is 356 g/mol. The van der Waals surface area contributed by atoms with Crippen LogP contribution in [-0.2, 0) is 17.9 Å². The van der Waals surface area contributed by atoms with Gasteiger partial charge in [-0.1, -0.05) is 0 Å². The summed E-state index contributed by atoms with van der Waals surface area (Å²) in [6.45, 7) is 5.78. The molecule has 0 bridgehead atoms. The molecule has 0 atom stereocenters. The molecule has 4 rings (SSSR count). The van der Waals surface area contributed by atoms with Crippen molar-refractivity contribution in [2.24, 2.45) is 0 Å². The van der Waals surface area contributed by atoms with E-state index < -0.39 is 0 Å². The lowest BCUT2D eigenvalue weighted by Gasteiger charge is -2.45. The van der Waals surface area contributed by atoms with Gasteiger partial charge in [-0.25, -0.2) is 4.98 Å². The predicted molar refractivity (Wildman–Crippen MR) is 98.1 cm³/mol. The fraction of sp³-hybridized carbons (Fsp3) is 0.526. The van der Waals surface area contributed by atoms with Gasteiger partial charge in [0.05, 0.1) is 10.7 Å². The summed E-state index contributed by atoms with van der Waals surface area (Å²) < 4.78 is 0. The molecular formula is C19H24N4OS. The predicted octanol–water partition coefficient (Wildman–Crippen LogP) is 3.00. The lowest BCUT2D eigenvalue weighted by atomic mass is 9.84. The van der Waals surface area contributed by atoms with Crippen LogP contribution < -0.4 is 0 Å².